The Bertz CT molecular complexity index is 222. The monoisotopic (exact) mass is 184 g/mol. The molecule has 0 saturated heterocycles. The number of fused-ring (bicyclic) bond motifs is 1. The fraction of sp³-hybridized carbons (Fsp3) is 0.700. The van der Waals surface area contributed by atoms with Gasteiger partial charge in [-0.15, -0.1) is 0 Å². The second kappa shape index (κ2) is 3.21. The van der Waals surface area contributed by atoms with E-state index in [-0.39, 0.29) is 5.78 Å². The quantitative estimate of drug-likeness (QED) is 0.604. The summed E-state index contributed by atoms with van der Waals surface area (Å²) in [7, 11) is 0. The second-order valence-electron chi connectivity index (χ2n) is 3.89. The van der Waals surface area contributed by atoms with Crippen molar-refractivity contribution in [2.24, 2.45) is 17.8 Å². The molecule has 0 radical (unpaired) electrons. The Morgan fingerprint density at radius 2 is 2.25 bits per heavy atom. The molecule has 2 fully saturated rings. The molecule has 3 unspecified atom stereocenters. The molecule has 0 aromatic heterocycles. The Morgan fingerprint density at radius 3 is 3.00 bits per heavy atom. The second-order valence-corrected chi connectivity index (χ2v) is 4.14. The van der Waals surface area contributed by atoms with Crippen LogP contribution in [0.4, 0.5) is 0 Å². The largest absolute Gasteiger partial charge is 0.295 e. The number of hydrogen-bond acceptors (Lipinski definition) is 1. The number of carbonyl (C=O) groups excluding carboxylic acids is 1. The van der Waals surface area contributed by atoms with Gasteiger partial charge in [0.25, 0.3) is 0 Å². The van der Waals surface area contributed by atoms with E-state index in [9.17, 15) is 4.79 Å². The van der Waals surface area contributed by atoms with Crippen molar-refractivity contribution in [1.82, 2.24) is 0 Å². The van der Waals surface area contributed by atoms with Gasteiger partial charge in [-0.2, -0.15) is 0 Å². The van der Waals surface area contributed by atoms with Crippen molar-refractivity contribution < 1.29 is 4.79 Å². The van der Waals surface area contributed by atoms with Gasteiger partial charge in [0.15, 0.2) is 5.78 Å². The summed E-state index contributed by atoms with van der Waals surface area (Å²) in [5.74, 6) is 2.13. The molecule has 1 nitrogen and oxygen atoms in total. The predicted octanol–water partition coefficient (Wildman–Crippen LogP) is 2.74. The minimum absolute atomic E-state index is 0.247. The molecule has 3 atom stereocenters. The van der Waals surface area contributed by atoms with Crippen molar-refractivity contribution in [1.29, 1.82) is 0 Å². The van der Waals surface area contributed by atoms with Gasteiger partial charge in [0.05, 0.1) is 0 Å². The van der Waals surface area contributed by atoms with Crippen LogP contribution < -0.4 is 0 Å². The third-order valence-corrected chi connectivity index (χ3v) is 3.30. The number of ketones is 1. The van der Waals surface area contributed by atoms with Crippen LogP contribution in [0.3, 0.4) is 0 Å². The van der Waals surface area contributed by atoms with E-state index >= 15 is 0 Å². The molecule has 0 bridgehead atoms. The van der Waals surface area contributed by atoms with E-state index in [0.717, 1.165) is 12.3 Å². The van der Waals surface area contributed by atoms with Crippen molar-refractivity contribution in [3.63, 3.8) is 0 Å². The molecule has 2 heteroatoms. The number of hydrogen-bond donors (Lipinski definition) is 0. The van der Waals surface area contributed by atoms with E-state index < -0.39 is 0 Å². The summed E-state index contributed by atoms with van der Waals surface area (Å²) in [6, 6.07) is 0. The van der Waals surface area contributed by atoms with Crippen molar-refractivity contribution in [2.75, 3.05) is 0 Å². The molecular weight excluding hydrogens is 172 g/mol. The first kappa shape index (κ1) is 8.31. The molecule has 0 spiro atoms. The molecule has 0 amide bonds. The smallest absolute Gasteiger partial charge is 0.159 e. The van der Waals surface area contributed by atoms with Crippen molar-refractivity contribution in [3.8, 4) is 0 Å². The Morgan fingerprint density at radius 1 is 1.42 bits per heavy atom. The molecule has 2 saturated carbocycles. The zero-order valence-corrected chi connectivity index (χ0v) is 7.76. The van der Waals surface area contributed by atoms with Gasteiger partial charge in [-0.05, 0) is 30.8 Å². The van der Waals surface area contributed by atoms with Gasteiger partial charge in [0.1, 0.15) is 0 Å². The fourth-order valence-corrected chi connectivity index (χ4v) is 2.57. The molecule has 2 rings (SSSR count). The van der Waals surface area contributed by atoms with Crippen LogP contribution in [0.1, 0.15) is 25.7 Å². The third kappa shape index (κ3) is 1.42. The SMILES string of the molecule is O=C(/C=C/Cl)C1CCCC2CC21. The normalized spacial score (nSPS) is 39.6. The number of halogens is 1. The molecule has 0 N–H and O–H groups in total. The zero-order valence-electron chi connectivity index (χ0n) is 7.00. The molecular formula is C10H13ClO. The lowest BCUT2D eigenvalue weighted by molar-refractivity contribution is -0.119. The third-order valence-electron chi connectivity index (χ3n) is 3.18. The Labute approximate surface area is 77.8 Å². The maximum Gasteiger partial charge on any atom is 0.159 e. The number of rotatable bonds is 2. The summed E-state index contributed by atoms with van der Waals surface area (Å²) >= 11 is 5.38. The Hall–Kier alpha value is -0.300. The lowest BCUT2D eigenvalue weighted by Gasteiger charge is -2.17. The zero-order chi connectivity index (χ0) is 8.55. The van der Waals surface area contributed by atoms with Gasteiger partial charge in [-0.1, -0.05) is 24.4 Å². The first-order valence-corrected chi connectivity index (χ1v) is 5.07. The Kier molecular flexibility index (Phi) is 2.22. The van der Waals surface area contributed by atoms with Crippen LogP contribution >= 0.6 is 11.6 Å². The highest BCUT2D eigenvalue weighted by atomic mass is 35.5. The van der Waals surface area contributed by atoms with E-state index in [4.69, 9.17) is 11.6 Å². The summed E-state index contributed by atoms with van der Waals surface area (Å²) in [4.78, 5) is 11.5. The molecule has 66 valence electrons. The summed E-state index contributed by atoms with van der Waals surface area (Å²) in [6.45, 7) is 0. The van der Waals surface area contributed by atoms with E-state index in [1.165, 1.54) is 30.9 Å². The van der Waals surface area contributed by atoms with Crippen LogP contribution in [0.2, 0.25) is 0 Å². The lowest BCUT2D eigenvalue weighted by Crippen LogP contribution is -2.18. The van der Waals surface area contributed by atoms with Crippen LogP contribution in [0, 0.1) is 17.8 Å². The minimum atomic E-state index is 0.247. The average Bonchev–Trinajstić information content (AvgIpc) is 2.81. The lowest BCUT2D eigenvalue weighted by atomic mass is 9.86. The molecule has 0 heterocycles. The van der Waals surface area contributed by atoms with Gasteiger partial charge in [0.2, 0.25) is 0 Å². The van der Waals surface area contributed by atoms with Crippen molar-refractivity contribution in [3.05, 3.63) is 11.6 Å². The summed E-state index contributed by atoms with van der Waals surface area (Å²) < 4.78 is 0. The van der Waals surface area contributed by atoms with Gasteiger partial charge >= 0.3 is 0 Å². The molecule has 0 aromatic carbocycles. The van der Waals surface area contributed by atoms with Crippen molar-refractivity contribution in [2.45, 2.75) is 25.7 Å². The molecule has 0 aliphatic heterocycles. The van der Waals surface area contributed by atoms with E-state index in [1.807, 2.05) is 0 Å². The maximum absolute atomic E-state index is 11.5. The first-order valence-electron chi connectivity index (χ1n) is 4.63. The number of allylic oxidation sites excluding steroid dienone is 1. The predicted molar refractivity (Wildman–Crippen MR) is 48.9 cm³/mol. The number of carbonyl (C=O) groups is 1. The molecule has 0 aromatic rings. The van der Waals surface area contributed by atoms with E-state index in [0.29, 0.717) is 11.8 Å². The van der Waals surface area contributed by atoms with E-state index in [2.05, 4.69) is 0 Å². The Balaban J connectivity index is 1.98. The van der Waals surface area contributed by atoms with Crippen LogP contribution in [0.15, 0.2) is 11.6 Å². The minimum Gasteiger partial charge on any atom is -0.295 e. The van der Waals surface area contributed by atoms with Crippen molar-refractivity contribution >= 4 is 17.4 Å². The summed E-state index contributed by atoms with van der Waals surface area (Å²) in [5.41, 5.74) is 1.34. The van der Waals surface area contributed by atoms with Gasteiger partial charge in [-0.25, -0.2) is 0 Å². The van der Waals surface area contributed by atoms with Gasteiger partial charge < -0.3 is 0 Å². The summed E-state index contributed by atoms with van der Waals surface area (Å²) in [6.07, 6.45) is 6.47. The molecule has 12 heavy (non-hydrogen) atoms. The van der Waals surface area contributed by atoms with Crippen LogP contribution in [-0.4, -0.2) is 5.78 Å². The highest BCUT2D eigenvalue weighted by Gasteiger charge is 2.47. The first-order chi connectivity index (χ1) is 5.83. The van der Waals surface area contributed by atoms with Crippen LogP contribution in [-0.2, 0) is 4.79 Å². The highest BCUT2D eigenvalue weighted by Crippen LogP contribution is 2.53. The van der Waals surface area contributed by atoms with Crippen LogP contribution in [0.25, 0.3) is 0 Å². The van der Waals surface area contributed by atoms with Gasteiger partial charge in [-0.3, -0.25) is 4.79 Å². The van der Waals surface area contributed by atoms with E-state index in [1.54, 1.807) is 0 Å². The molecule has 2 aliphatic carbocycles. The van der Waals surface area contributed by atoms with Gasteiger partial charge in [0, 0.05) is 11.5 Å². The topological polar surface area (TPSA) is 17.1 Å². The molecule has 2 aliphatic rings. The summed E-state index contributed by atoms with van der Waals surface area (Å²) in [5, 5.41) is 0. The average molecular weight is 185 g/mol. The maximum atomic E-state index is 11.5. The van der Waals surface area contributed by atoms with Crippen LogP contribution in [0.5, 0.6) is 0 Å². The highest BCUT2D eigenvalue weighted by molar-refractivity contribution is 6.26. The standard InChI is InChI=1S/C10H13ClO/c11-5-4-10(12)8-3-1-2-7-6-9(7)8/h4-5,7-9H,1-3,6H2/b5-4+. The fourth-order valence-electron chi connectivity index (χ4n) is 2.45.